The molecule has 2 heterocycles. The summed E-state index contributed by atoms with van der Waals surface area (Å²) in [6.07, 6.45) is 0.340. The number of benzene rings is 3. The monoisotopic (exact) mass is 916 g/mol. The minimum absolute atomic E-state index is 0.0192. The van der Waals surface area contributed by atoms with Gasteiger partial charge < -0.3 is 53.2 Å². The molecule has 1 unspecified atom stereocenters. The van der Waals surface area contributed by atoms with Gasteiger partial charge in [0.25, 0.3) is 5.91 Å². The Kier molecular flexibility index (Phi) is 16.6. The van der Waals surface area contributed by atoms with Gasteiger partial charge in [-0.3, -0.25) is 29.0 Å². The van der Waals surface area contributed by atoms with E-state index in [9.17, 15) is 29.1 Å². The lowest BCUT2D eigenvalue weighted by atomic mass is 9.86. The quantitative estimate of drug-likeness (QED) is 0.0390. The first kappa shape index (κ1) is 50.4. The van der Waals surface area contributed by atoms with E-state index in [-0.39, 0.29) is 72.9 Å². The first-order chi connectivity index (χ1) is 31.7. The van der Waals surface area contributed by atoms with Gasteiger partial charge in [-0.2, -0.15) is 5.26 Å². The number of nitrogens with zero attached hydrogens (tertiary/aromatic N) is 5. The Morgan fingerprint density at radius 2 is 1.69 bits per heavy atom. The van der Waals surface area contributed by atoms with E-state index in [1.165, 1.54) is 20.0 Å². The minimum atomic E-state index is -1.45. The average molecular weight is 917 g/mol. The Morgan fingerprint density at radius 3 is 2.31 bits per heavy atom. The number of carbonyl (C=O) groups is 5. The number of hydrogen-bond donors (Lipinski definition) is 8. The van der Waals surface area contributed by atoms with Crippen LogP contribution in [0.2, 0.25) is 0 Å². The molecule has 11 N–H and O–H groups in total. The molecule has 0 saturated heterocycles. The molecule has 4 bridgehead atoms. The van der Waals surface area contributed by atoms with Crippen molar-refractivity contribution in [2.45, 2.75) is 90.4 Å². The van der Waals surface area contributed by atoms with Crippen LogP contribution in [0.4, 0.5) is 0 Å². The SMILES string of the molecule is Cc1nc(-c2ccc(C(C)(C)C)cc2)nc(C)c1C(=O)NC(CCN)C(=O)N(C)[C@@H]1C(=O)N[C@@H](C)C(=O)N[C@H](C(=O)NCC#N)Cc2ccc(O)c(c2)-c2cc1ccc2OCCCN=C(N)N. The molecule has 19 heteroatoms. The van der Waals surface area contributed by atoms with Crippen molar-refractivity contribution in [3.63, 3.8) is 0 Å². The summed E-state index contributed by atoms with van der Waals surface area (Å²) in [5.41, 5.74) is 21.1. The van der Waals surface area contributed by atoms with Crippen LogP contribution >= 0.6 is 0 Å². The van der Waals surface area contributed by atoms with Gasteiger partial charge in [0, 0.05) is 43.1 Å². The van der Waals surface area contributed by atoms with Crippen LogP contribution in [0.25, 0.3) is 22.5 Å². The van der Waals surface area contributed by atoms with Crippen molar-refractivity contribution in [1.82, 2.24) is 36.1 Å². The van der Waals surface area contributed by atoms with Gasteiger partial charge >= 0.3 is 0 Å². The van der Waals surface area contributed by atoms with Crippen molar-refractivity contribution in [2.24, 2.45) is 22.2 Å². The number of nitrogens with two attached hydrogens (primary N) is 3. The molecular weight excluding hydrogens is 857 g/mol. The molecule has 0 fully saturated rings. The lowest BCUT2D eigenvalue weighted by Crippen LogP contribution is -2.56. The van der Waals surface area contributed by atoms with Crippen molar-refractivity contribution >= 4 is 35.5 Å². The zero-order chi connectivity index (χ0) is 49.2. The molecule has 1 aromatic heterocycles. The van der Waals surface area contributed by atoms with Gasteiger partial charge in [-0.05, 0) is 80.1 Å². The molecule has 3 aromatic carbocycles. The summed E-state index contributed by atoms with van der Waals surface area (Å²) in [4.78, 5) is 84.8. The first-order valence-corrected chi connectivity index (χ1v) is 21.9. The maximum atomic E-state index is 14.7. The van der Waals surface area contributed by atoms with E-state index < -0.39 is 53.7 Å². The second-order valence-electron chi connectivity index (χ2n) is 17.4. The highest BCUT2D eigenvalue weighted by Gasteiger charge is 2.36. The van der Waals surface area contributed by atoms with Gasteiger partial charge in [0.1, 0.15) is 42.2 Å². The van der Waals surface area contributed by atoms with Crippen molar-refractivity contribution in [1.29, 1.82) is 5.26 Å². The fourth-order valence-corrected chi connectivity index (χ4v) is 7.66. The smallest absolute Gasteiger partial charge is 0.255 e. The number of carbonyl (C=O) groups excluding carboxylic acids is 5. The molecular formula is C48H60N12O7. The van der Waals surface area contributed by atoms with Crippen molar-refractivity contribution in [2.75, 3.05) is 33.3 Å². The number of nitriles is 1. The van der Waals surface area contributed by atoms with Gasteiger partial charge in [0.2, 0.25) is 23.6 Å². The minimum Gasteiger partial charge on any atom is -0.507 e. The van der Waals surface area contributed by atoms with E-state index in [1.807, 2.05) is 30.3 Å². The predicted molar refractivity (Wildman–Crippen MR) is 252 cm³/mol. The van der Waals surface area contributed by atoms with Crippen LogP contribution in [0, 0.1) is 25.2 Å². The Morgan fingerprint density at radius 1 is 1.00 bits per heavy atom. The van der Waals surface area contributed by atoms with E-state index in [2.05, 4.69) is 57.0 Å². The van der Waals surface area contributed by atoms with Crippen LogP contribution < -0.4 is 43.2 Å². The topological polar surface area (TPSA) is 306 Å². The average Bonchev–Trinajstić information content (AvgIpc) is 3.27. The van der Waals surface area contributed by atoms with E-state index in [4.69, 9.17) is 27.2 Å². The van der Waals surface area contributed by atoms with Crippen molar-refractivity contribution < 1.29 is 33.8 Å². The fourth-order valence-electron chi connectivity index (χ4n) is 7.66. The number of phenolic OH excluding ortho intramolecular Hbond substituents is 1. The molecule has 4 atom stereocenters. The highest BCUT2D eigenvalue weighted by Crippen LogP contribution is 2.40. The third-order valence-electron chi connectivity index (χ3n) is 11.2. The van der Waals surface area contributed by atoms with Crippen molar-refractivity contribution in [3.8, 4) is 40.1 Å². The normalized spacial score (nSPS) is 16.5. The van der Waals surface area contributed by atoms with Crippen LogP contribution in [-0.4, -0.2) is 107 Å². The number of ether oxygens (including phenoxy) is 1. The summed E-state index contributed by atoms with van der Waals surface area (Å²) in [5, 5.41) is 31.1. The summed E-state index contributed by atoms with van der Waals surface area (Å²) in [6, 6.07) is 14.0. The van der Waals surface area contributed by atoms with Crippen LogP contribution in [-0.2, 0) is 31.0 Å². The number of phenols is 1. The Labute approximate surface area is 390 Å². The van der Waals surface area contributed by atoms with E-state index in [0.29, 0.717) is 40.5 Å². The maximum Gasteiger partial charge on any atom is 0.255 e. The molecule has 5 rings (SSSR count). The van der Waals surface area contributed by atoms with Crippen LogP contribution in [0.3, 0.4) is 0 Å². The number of nitrogens with one attached hydrogen (secondary N) is 4. The van der Waals surface area contributed by atoms with Crippen LogP contribution in [0.15, 0.2) is 65.7 Å². The Bertz CT molecular complexity index is 2540. The number of fused-ring (bicyclic) bond motifs is 5. The molecule has 4 aromatic rings. The maximum absolute atomic E-state index is 14.7. The molecule has 354 valence electrons. The Hall–Kier alpha value is -7.59. The number of aliphatic imine (C=N–C) groups is 1. The highest BCUT2D eigenvalue weighted by atomic mass is 16.5. The lowest BCUT2D eigenvalue weighted by Gasteiger charge is -2.32. The van der Waals surface area contributed by atoms with E-state index in [0.717, 1.165) is 16.0 Å². The molecule has 19 nitrogen and oxygen atoms in total. The molecule has 0 aliphatic carbocycles. The largest absolute Gasteiger partial charge is 0.507 e. The summed E-state index contributed by atoms with van der Waals surface area (Å²) in [7, 11) is 1.39. The van der Waals surface area contributed by atoms with E-state index in [1.54, 1.807) is 44.2 Å². The number of guanidine groups is 1. The van der Waals surface area contributed by atoms with Gasteiger partial charge in [-0.1, -0.05) is 57.2 Å². The number of likely N-dealkylation sites (N-methyl/N-ethyl adjacent to an activating group) is 1. The van der Waals surface area contributed by atoms with Gasteiger partial charge in [0.15, 0.2) is 11.8 Å². The van der Waals surface area contributed by atoms with Gasteiger partial charge in [0.05, 0.1) is 29.6 Å². The van der Waals surface area contributed by atoms with Crippen LogP contribution in [0.1, 0.15) is 85.0 Å². The summed E-state index contributed by atoms with van der Waals surface area (Å²) >= 11 is 0. The van der Waals surface area contributed by atoms with Gasteiger partial charge in [-0.25, -0.2) is 9.97 Å². The molecule has 67 heavy (non-hydrogen) atoms. The predicted octanol–water partition coefficient (Wildman–Crippen LogP) is 2.31. The number of aryl methyl sites for hydroxylation is 2. The highest BCUT2D eigenvalue weighted by molar-refractivity contribution is 6.00. The fraction of sp³-hybridized carbons (Fsp3) is 0.396. The number of amides is 5. The molecule has 0 saturated carbocycles. The second kappa shape index (κ2) is 22.1. The zero-order valence-corrected chi connectivity index (χ0v) is 38.9. The number of hydrogen-bond acceptors (Lipinski definition) is 12. The molecule has 0 radical (unpaired) electrons. The van der Waals surface area contributed by atoms with Crippen LogP contribution in [0.5, 0.6) is 11.5 Å². The molecule has 1 aliphatic rings. The van der Waals surface area contributed by atoms with Crippen molar-refractivity contribution in [3.05, 3.63) is 94.3 Å². The number of rotatable bonds is 14. The second-order valence-corrected chi connectivity index (χ2v) is 17.4. The third-order valence-corrected chi connectivity index (χ3v) is 11.2. The number of aromatic hydroxyl groups is 1. The van der Waals surface area contributed by atoms with Gasteiger partial charge in [-0.15, -0.1) is 0 Å². The van der Waals surface area contributed by atoms with E-state index >= 15 is 0 Å². The Balaban J connectivity index is 1.55. The molecule has 0 spiro atoms. The molecule has 5 amide bonds. The standard InChI is InChI=1S/C48H60N12O7/c1-26-39(27(2)56-41(55-26)30-10-13-32(14-11-30)48(4,5)6)44(64)58-35(17-18-49)46(66)60(7)40-31-12-16-38(67-22-8-20-54-47(51)52)34(25-31)33-23-29(9-15-37(33)61)24-36(43(63)53-21-19-50)59-42(62)28(3)57-45(40)65/h9-16,23,25,28,35-36,40,61H,8,17-18,20-22,24,49H2,1-7H3,(H,53,63)(H,57,65)(H,58,64)(H,59,62)(H4,51,52,54)/t28-,35?,36-,40-/m0/s1. The summed E-state index contributed by atoms with van der Waals surface area (Å²) < 4.78 is 6.18. The number of aromatic nitrogens is 2. The molecule has 1 aliphatic heterocycles. The first-order valence-electron chi connectivity index (χ1n) is 21.9. The lowest BCUT2D eigenvalue weighted by molar-refractivity contribution is -0.141. The summed E-state index contributed by atoms with van der Waals surface area (Å²) in [5.74, 6) is -3.02. The summed E-state index contributed by atoms with van der Waals surface area (Å²) in [6.45, 7) is 11.2. The zero-order valence-electron chi connectivity index (χ0n) is 38.9. The third kappa shape index (κ3) is 12.6.